The normalized spacial score (nSPS) is 23.3. The van der Waals surface area contributed by atoms with Gasteiger partial charge in [-0.15, -0.1) is 0 Å². The number of nitrogens with one attached hydrogen (secondary N) is 1. The molecule has 0 bridgehead atoms. The van der Waals surface area contributed by atoms with Gasteiger partial charge in [-0.25, -0.2) is 0 Å². The largest absolute Gasteiger partial charge is 0.496 e. The smallest absolute Gasteiger partial charge is 0.123 e. The van der Waals surface area contributed by atoms with Gasteiger partial charge < -0.3 is 10.1 Å². The van der Waals surface area contributed by atoms with Crippen LogP contribution in [0.3, 0.4) is 0 Å². The van der Waals surface area contributed by atoms with Crippen molar-refractivity contribution in [2.45, 2.75) is 45.6 Å². The van der Waals surface area contributed by atoms with E-state index in [1.54, 1.807) is 7.11 Å². The summed E-state index contributed by atoms with van der Waals surface area (Å²) in [7, 11) is 1.74. The summed E-state index contributed by atoms with van der Waals surface area (Å²) in [6.45, 7) is 4.43. The summed E-state index contributed by atoms with van der Waals surface area (Å²) in [6, 6.07) is 8.25. The maximum atomic E-state index is 5.37. The molecule has 0 aliphatic heterocycles. The van der Waals surface area contributed by atoms with Gasteiger partial charge >= 0.3 is 0 Å². The summed E-state index contributed by atoms with van der Waals surface area (Å²) in [4.78, 5) is 0. The van der Waals surface area contributed by atoms with Gasteiger partial charge in [0.05, 0.1) is 7.11 Å². The maximum absolute atomic E-state index is 5.37. The van der Waals surface area contributed by atoms with Gasteiger partial charge in [-0.1, -0.05) is 44.4 Å². The Morgan fingerprint density at radius 2 is 2.11 bits per heavy atom. The molecule has 0 spiro atoms. The van der Waals surface area contributed by atoms with Crippen LogP contribution in [0.2, 0.25) is 0 Å². The predicted octanol–water partition coefficient (Wildman–Crippen LogP) is 4.00. The fourth-order valence-electron chi connectivity index (χ4n) is 3.20. The van der Waals surface area contributed by atoms with Crippen LogP contribution in [-0.2, 0) is 6.54 Å². The molecule has 19 heavy (non-hydrogen) atoms. The minimum Gasteiger partial charge on any atom is -0.496 e. The Kier molecular flexibility index (Phi) is 5.71. The van der Waals surface area contributed by atoms with E-state index in [0.717, 1.165) is 30.7 Å². The highest BCUT2D eigenvalue weighted by Gasteiger charge is 2.18. The Morgan fingerprint density at radius 1 is 1.26 bits per heavy atom. The molecule has 2 unspecified atom stereocenters. The van der Waals surface area contributed by atoms with E-state index < -0.39 is 0 Å². The molecule has 0 aromatic heterocycles. The van der Waals surface area contributed by atoms with Crippen molar-refractivity contribution in [3.8, 4) is 5.75 Å². The molecular formula is C17H27NO. The van der Waals surface area contributed by atoms with Crippen molar-refractivity contribution >= 4 is 0 Å². The SMILES string of the molecule is COc1ccccc1CNCCC1CCCC(C)C1. The van der Waals surface area contributed by atoms with Gasteiger partial charge in [0.15, 0.2) is 0 Å². The van der Waals surface area contributed by atoms with Crippen LogP contribution in [0.1, 0.15) is 44.6 Å². The van der Waals surface area contributed by atoms with Crippen molar-refractivity contribution in [2.24, 2.45) is 11.8 Å². The van der Waals surface area contributed by atoms with E-state index in [1.165, 1.54) is 37.7 Å². The van der Waals surface area contributed by atoms with Crippen molar-refractivity contribution in [2.75, 3.05) is 13.7 Å². The lowest BCUT2D eigenvalue weighted by atomic mass is 9.81. The van der Waals surface area contributed by atoms with Crippen LogP contribution >= 0.6 is 0 Å². The Labute approximate surface area is 117 Å². The number of benzene rings is 1. The van der Waals surface area contributed by atoms with Crippen molar-refractivity contribution in [3.63, 3.8) is 0 Å². The van der Waals surface area contributed by atoms with Crippen molar-refractivity contribution < 1.29 is 4.74 Å². The molecule has 1 saturated carbocycles. The molecule has 0 saturated heterocycles. The Hall–Kier alpha value is -1.02. The topological polar surface area (TPSA) is 21.3 Å². The van der Waals surface area contributed by atoms with E-state index >= 15 is 0 Å². The van der Waals surface area contributed by atoms with Gasteiger partial charge in [-0.05, 0) is 37.3 Å². The maximum Gasteiger partial charge on any atom is 0.123 e. The molecule has 1 aromatic carbocycles. The zero-order valence-electron chi connectivity index (χ0n) is 12.3. The average molecular weight is 261 g/mol. The highest BCUT2D eigenvalue weighted by Crippen LogP contribution is 2.30. The van der Waals surface area contributed by atoms with Gasteiger partial charge in [-0.2, -0.15) is 0 Å². The van der Waals surface area contributed by atoms with E-state index in [-0.39, 0.29) is 0 Å². The second kappa shape index (κ2) is 7.54. The molecule has 1 aromatic rings. The minimum absolute atomic E-state index is 0.909. The minimum atomic E-state index is 0.909. The van der Waals surface area contributed by atoms with Crippen LogP contribution in [0.4, 0.5) is 0 Å². The molecular weight excluding hydrogens is 234 g/mol. The summed E-state index contributed by atoms with van der Waals surface area (Å²) < 4.78 is 5.37. The first-order valence-corrected chi connectivity index (χ1v) is 7.62. The zero-order valence-corrected chi connectivity index (χ0v) is 12.3. The number of para-hydroxylation sites is 1. The molecule has 0 radical (unpaired) electrons. The van der Waals surface area contributed by atoms with Crippen LogP contribution in [0, 0.1) is 11.8 Å². The molecule has 2 heteroatoms. The van der Waals surface area contributed by atoms with Gasteiger partial charge in [0.25, 0.3) is 0 Å². The quantitative estimate of drug-likeness (QED) is 0.781. The molecule has 106 valence electrons. The summed E-state index contributed by atoms with van der Waals surface area (Å²) in [6.07, 6.45) is 7.04. The van der Waals surface area contributed by atoms with E-state index in [0.29, 0.717) is 0 Å². The average Bonchev–Trinajstić information content (AvgIpc) is 2.44. The third-order valence-electron chi connectivity index (χ3n) is 4.28. The Morgan fingerprint density at radius 3 is 2.89 bits per heavy atom. The van der Waals surface area contributed by atoms with E-state index in [2.05, 4.69) is 24.4 Å². The molecule has 1 N–H and O–H groups in total. The van der Waals surface area contributed by atoms with Crippen molar-refractivity contribution in [1.29, 1.82) is 0 Å². The molecule has 0 amide bonds. The van der Waals surface area contributed by atoms with Gasteiger partial charge in [0.1, 0.15) is 5.75 Å². The number of hydrogen-bond donors (Lipinski definition) is 1. The summed E-state index contributed by atoms with van der Waals surface area (Å²) in [5.74, 6) is 2.86. The lowest BCUT2D eigenvalue weighted by Gasteiger charge is -2.26. The lowest BCUT2D eigenvalue weighted by Crippen LogP contribution is -2.21. The number of rotatable bonds is 6. The highest BCUT2D eigenvalue weighted by molar-refractivity contribution is 5.32. The monoisotopic (exact) mass is 261 g/mol. The first kappa shape index (κ1) is 14.4. The fourth-order valence-corrected chi connectivity index (χ4v) is 3.20. The molecule has 1 fully saturated rings. The van der Waals surface area contributed by atoms with Crippen LogP contribution in [-0.4, -0.2) is 13.7 Å². The van der Waals surface area contributed by atoms with Gasteiger partial charge in [0, 0.05) is 12.1 Å². The third-order valence-corrected chi connectivity index (χ3v) is 4.28. The fraction of sp³-hybridized carbons (Fsp3) is 0.647. The van der Waals surface area contributed by atoms with Gasteiger partial charge in [0.2, 0.25) is 0 Å². The molecule has 1 aliphatic carbocycles. The standard InChI is InChI=1S/C17H27NO/c1-14-6-5-7-15(12-14)10-11-18-13-16-8-3-4-9-17(16)19-2/h3-4,8-9,14-15,18H,5-7,10-13H2,1-2H3. The first-order valence-electron chi connectivity index (χ1n) is 7.62. The first-order chi connectivity index (χ1) is 9.29. The molecule has 1 aliphatic rings. The lowest BCUT2D eigenvalue weighted by molar-refractivity contribution is 0.267. The molecule has 2 rings (SSSR count). The van der Waals surface area contributed by atoms with Crippen molar-refractivity contribution in [3.05, 3.63) is 29.8 Å². The summed E-state index contributed by atoms with van der Waals surface area (Å²) >= 11 is 0. The van der Waals surface area contributed by atoms with Gasteiger partial charge in [-0.3, -0.25) is 0 Å². The second-order valence-electron chi connectivity index (χ2n) is 5.92. The number of ether oxygens (including phenoxy) is 1. The highest BCUT2D eigenvalue weighted by atomic mass is 16.5. The van der Waals surface area contributed by atoms with Crippen molar-refractivity contribution in [1.82, 2.24) is 5.32 Å². The van der Waals surface area contributed by atoms with E-state index in [9.17, 15) is 0 Å². The summed E-state index contributed by atoms with van der Waals surface area (Å²) in [5, 5.41) is 3.56. The van der Waals surface area contributed by atoms with Crippen LogP contribution in [0.15, 0.2) is 24.3 Å². The Bertz CT molecular complexity index is 377. The van der Waals surface area contributed by atoms with E-state index in [1.807, 2.05) is 12.1 Å². The van der Waals surface area contributed by atoms with Crippen LogP contribution in [0.25, 0.3) is 0 Å². The van der Waals surface area contributed by atoms with E-state index in [4.69, 9.17) is 4.74 Å². The van der Waals surface area contributed by atoms with Crippen LogP contribution < -0.4 is 10.1 Å². The zero-order chi connectivity index (χ0) is 13.5. The number of methoxy groups -OCH3 is 1. The summed E-state index contributed by atoms with van der Waals surface area (Å²) in [5.41, 5.74) is 1.25. The van der Waals surface area contributed by atoms with Crippen LogP contribution in [0.5, 0.6) is 5.75 Å². The Balaban J connectivity index is 1.69. The molecule has 2 atom stereocenters. The second-order valence-corrected chi connectivity index (χ2v) is 5.92. The number of hydrogen-bond acceptors (Lipinski definition) is 2. The molecule has 2 nitrogen and oxygen atoms in total. The predicted molar refractivity (Wildman–Crippen MR) is 80.4 cm³/mol. The molecule has 0 heterocycles. The third kappa shape index (κ3) is 4.54.